The quantitative estimate of drug-likeness (QED) is 0.675. The first-order chi connectivity index (χ1) is 10.3. The molecule has 0 radical (unpaired) electrons. The van der Waals surface area contributed by atoms with Crippen LogP contribution in [0, 0.1) is 3.57 Å². The zero-order valence-corrected chi connectivity index (χ0v) is 15.7. The van der Waals surface area contributed by atoms with Crippen molar-refractivity contribution in [2.45, 2.75) is 63.0 Å². The molecule has 3 nitrogen and oxygen atoms in total. The highest BCUT2D eigenvalue weighted by Gasteiger charge is 2.27. The van der Waals surface area contributed by atoms with Gasteiger partial charge in [0.2, 0.25) is 0 Å². The molecule has 116 valence electrons. The summed E-state index contributed by atoms with van der Waals surface area (Å²) >= 11 is 4.49. The summed E-state index contributed by atoms with van der Waals surface area (Å²) in [7, 11) is 0. The lowest BCUT2D eigenvalue weighted by Crippen LogP contribution is -2.13. The summed E-state index contributed by atoms with van der Waals surface area (Å²) in [4.78, 5) is 9.90. The fraction of sp³-hybridized carbons (Fsp3) is 0.750. The minimum Gasteiger partial charge on any atom is -0.369 e. The van der Waals surface area contributed by atoms with E-state index in [0.717, 1.165) is 24.6 Å². The number of halogens is 1. The summed E-state index contributed by atoms with van der Waals surface area (Å²) in [6, 6.07) is 0. The minimum atomic E-state index is 0.518. The lowest BCUT2D eigenvalue weighted by molar-refractivity contribution is 0.670. The maximum absolute atomic E-state index is 5.03. The van der Waals surface area contributed by atoms with Gasteiger partial charge in [-0.15, -0.1) is 0 Å². The topological polar surface area (TPSA) is 37.8 Å². The van der Waals surface area contributed by atoms with E-state index >= 15 is 0 Å². The van der Waals surface area contributed by atoms with Crippen LogP contribution in [-0.2, 0) is 0 Å². The van der Waals surface area contributed by atoms with Crippen molar-refractivity contribution < 1.29 is 0 Å². The smallest absolute Gasteiger partial charge is 0.144 e. The molecule has 1 aromatic heterocycles. The van der Waals surface area contributed by atoms with Crippen LogP contribution in [0.3, 0.4) is 0 Å². The van der Waals surface area contributed by atoms with Gasteiger partial charge in [-0.1, -0.05) is 19.8 Å². The van der Waals surface area contributed by atoms with Crippen LogP contribution in [0.25, 0.3) is 0 Å². The number of anilines is 1. The van der Waals surface area contributed by atoms with Gasteiger partial charge in [-0.05, 0) is 60.4 Å². The Hall–Kier alpha value is -0.0400. The van der Waals surface area contributed by atoms with Crippen LogP contribution < -0.4 is 5.32 Å². The summed E-state index contributed by atoms with van der Waals surface area (Å²) in [5, 5.41) is 4.04. The molecule has 0 amide bonds. The number of nitrogens with zero attached hydrogens (tertiary/aromatic N) is 2. The molecule has 1 N–H and O–H groups in total. The standard InChI is InChI=1S/C16H24IN3S/c1-2-9-18-16-13(17)14(11-6-3-4-7-11)19-15(20-16)12-8-5-10-21-12/h11-12H,2-10H2,1H3,(H,18,19,20). The molecule has 2 fully saturated rings. The van der Waals surface area contributed by atoms with Gasteiger partial charge in [0.15, 0.2) is 0 Å². The van der Waals surface area contributed by atoms with Crippen LogP contribution in [-0.4, -0.2) is 22.3 Å². The second-order valence-corrected chi connectivity index (χ2v) is 8.43. The monoisotopic (exact) mass is 417 g/mol. The highest BCUT2D eigenvalue weighted by atomic mass is 127. The van der Waals surface area contributed by atoms with Gasteiger partial charge in [-0.25, -0.2) is 9.97 Å². The summed E-state index contributed by atoms with van der Waals surface area (Å²) in [5.74, 6) is 4.08. The van der Waals surface area contributed by atoms with Crippen LogP contribution in [0.1, 0.15) is 74.6 Å². The van der Waals surface area contributed by atoms with Gasteiger partial charge in [0.1, 0.15) is 11.6 Å². The van der Waals surface area contributed by atoms with Crippen LogP contribution in [0.5, 0.6) is 0 Å². The van der Waals surface area contributed by atoms with Gasteiger partial charge >= 0.3 is 0 Å². The molecule has 1 saturated heterocycles. The highest BCUT2D eigenvalue weighted by Crippen LogP contribution is 2.42. The molecule has 5 heteroatoms. The van der Waals surface area contributed by atoms with Gasteiger partial charge in [0, 0.05) is 12.5 Å². The van der Waals surface area contributed by atoms with E-state index in [4.69, 9.17) is 9.97 Å². The summed E-state index contributed by atoms with van der Waals surface area (Å²) < 4.78 is 1.26. The van der Waals surface area contributed by atoms with E-state index in [9.17, 15) is 0 Å². The maximum atomic E-state index is 5.03. The van der Waals surface area contributed by atoms with Crippen molar-refractivity contribution in [1.82, 2.24) is 9.97 Å². The molecular formula is C16H24IN3S. The average Bonchev–Trinajstić information content (AvgIpc) is 3.19. The van der Waals surface area contributed by atoms with Crippen molar-refractivity contribution in [3.63, 3.8) is 0 Å². The van der Waals surface area contributed by atoms with E-state index in [1.165, 1.54) is 53.5 Å². The second kappa shape index (κ2) is 7.49. The van der Waals surface area contributed by atoms with E-state index in [2.05, 4.69) is 34.8 Å². The summed E-state index contributed by atoms with van der Waals surface area (Å²) in [5.41, 5.74) is 1.32. The molecule has 1 aliphatic carbocycles. The molecule has 1 unspecified atom stereocenters. The first-order valence-corrected chi connectivity index (χ1v) is 10.3. The van der Waals surface area contributed by atoms with E-state index in [1.807, 2.05) is 11.8 Å². The van der Waals surface area contributed by atoms with Crippen molar-refractivity contribution in [2.75, 3.05) is 17.6 Å². The number of rotatable bonds is 5. The SMILES string of the molecule is CCCNc1nc(C2CCCS2)nc(C2CCCC2)c1I. The Morgan fingerprint density at radius 1 is 1.19 bits per heavy atom. The van der Waals surface area contributed by atoms with E-state index < -0.39 is 0 Å². The molecule has 1 aliphatic heterocycles. The van der Waals surface area contributed by atoms with Crippen LogP contribution in [0.2, 0.25) is 0 Å². The van der Waals surface area contributed by atoms with Crippen LogP contribution in [0.4, 0.5) is 5.82 Å². The van der Waals surface area contributed by atoms with E-state index in [1.54, 1.807) is 0 Å². The first-order valence-electron chi connectivity index (χ1n) is 8.22. The Morgan fingerprint density at radius 3 is 2.67 bits per heavy atom. The van der Waals surface area contributed by atoms with Crippen molar-refractivity contribution in [3.8, 4) is 0 Å². The van der Waals surface area contributed by atoms with Gasteiger partial charge < -0.3 is 5.32 Å². The lowest BCUT2D eigenvalue weighted by atomic mass is 10.0. The minimum absolute atomic E-state index is 0.518. The Bertz CT molecular complexity index is 483. The van der Waals surface area contributed by atoms with Crippen molar-refractivity contribution in [3.05, 3.63) is 15.1 Å². The van der Waals surface area contributed by atoms with Gasteiger partial charge in [-0.3, -0.25) is 0 Å². The molecule has 3 rings (SSSR count). The third kappa shape index (κ3) is 3.66. The van der Waals surface area contributed by atoms with Gasteiger partial charge in [-0.2, -0.15) is 11.8 Å². The van der Waals surface area contributed by atoms with Crippen LogP contribution >= 0.6 is 34.4 Å². The zero-order valence-electron chi connectivity index (χ0n) is 12.7. The molecule has 1 aromatic rings. The fourth-order valence-corrected chi connectivity index (χ4v) is 5.32. The maximum Gasteiger partial charge on any atom is 0.144 e. The normalized spacial score (nSPS) is 22.9. The second-order valence-electron chi connectivity index (χ2n) is 6.04. The molecule has 0 spiro atoms. The van der Waals surface area contributed by atoms with Crippen LogP contribution in [0.15, 0.2) is 0 Å². The third-order valence-electron chi connectivity index (χ3n) is 4.40. The lowest BCUT2D eigenvalue weighted by Gasteiger charge is -2.18. The largest absolute Gasteiger partial charge is 0.369 e. The predicted molar refractivity (Wildman–Crippen MR) is 99.2 cm³/mol. The summed E-state index contributed by atoms with van der Waals surface area (Å²) in [6.07, 6.45) is 9.00. The zero-order chi connectivity index (χ0) is 14.7. The van der Waals surface area contributed by atoms with Gasteiger partial charge in [0.05, 0.1) is 14.5 Å². The predicted octanol–water partition coefficient (Wildman–Crippen LogP) is 5.13. The molecule has 2 heterocycles. The Kier molecular flexibility index (Phi) is 5.65. The molecule has 0 bridgehead atoms. The fourth-order valence-electron chi connectivity index (χ4n) is 3.24. The van der Waals surface area contributed by atoms with E-state index in [0.29, 0.717) is 11.2 Å². The first kappa shape index (κ1) is 15.8. The van der Waals surface area contributed by atoms with Crippen molar-refractivity contribution >= 4 is 40.2 Å². The molecular weight excluding hydrogens is 393 g/mol. The van der Waals surface area contributed by atoms with E-state index in [-0.39, 0.29) is 0 Å². The molecule has 1 atom stereocenters. The third-order valence-corrected chi connectivity index (χ3v) is 6.83. The molecule has 21 heavy (non-hydrogen) atoms. The van der Waals surface area contributed by atoms with Crippen molar-refractivity contribution in [2.24, 2.45) is 0 Å². The Morgan fingerprint density at radius 2 is 2.00 bits per heavy atom. The number of hydrogen-bond donors (Lipinski definition) is 1. The van der Waals surface area contributed by atoms with Gasteiger partial charge in [0.25, 0.3) is 0 Å². The number of hydrogen-bond acceptors (Lipinski definition) is 4. The molecule has 2 aliphatic rings. The Balaban J connectivity index is 1.93. The number of nitrogens with one attached hydrogen (secondary N) is 1. The molecule has 1 saturated carbocycles. The summed E-state index contributed by atoms with van der Waals surface area (Å²) in [6.45, 7) is 3.20. The van der Waals surface area contributed by atoms with Crippen molar-refractivity contribution in [1.29, 1.82) is 0 Å². The number of aromatic nitrogens is 2. The Labute approximate surface area is 145 Å². The number of thioether (sulfide) groups is 1. The average molecular weight is 417 g/mol. The highest BCUT2D eigenvalue weighted by molar-refractivity contribution is 14.1. The molecule has 0 aromatic carbocycles.